The molecule has 0 heterocycles. The molecule has 17 heavy (non-hydrogen) atoms. The Bertz CT molecular complexity index is 184. The van der Waals surface area contributed by atoms with Gasteiger partial charge in [0, 0.05) is 13.2 Å². The third kappa shape index (κ3) is 7.77. The fourth-order valence-corrected chi connectivity index (χ4v) is 2.20. The highest BCUT2D eigenvalue weighted by atomic mass is 16.5. The van der Waals surface area contributed by atoms with E-state index in [0.717, 1.165) is 6.54 Å². The van der Waals surface area contributed by atoms with Gasteiger partial charge in [0.05, 0.1) is 6.10 Å². The highest BCUT2D eigenvalue weighted by molar-refractivity contribution is 4.81. The average Bonchev–Trinajstić information content (AvgIpc) is 2.20. The van der Waals surface area contributed by atoms with Gasteiger partial charge in [-0.05, 0) is 37.1 Å². The van der Waals surface area contributed by atoms with Gasteiger partial charge in [0.25, 0.3) is 0 Å². The van der Waals surface area contributed by atoms with Gasteiger partial charge in [-0.3, -0.25) is 0 Å². The predicted octanol–water partition coefficient (Wildman–Crippen LogP) is 3.85. The van der Waals surface area contributed by atoms with Crippen LogP contribution in [0.3, 0.4) is 0 Å². The van der Waals surface area contributed by atoms with Crippen molar-refractivity contribution in [3.63, 3.8) is 0 Å². The lowest BCUT2D eigenvalue weighted by molar-refractivity contribution is 0.0276. The normalized spacial score (nSPS) is 16.2. The second kappa shape index (κ2) is 8.10. The number of nitrogens with one attached hydrogen (secondary N) is 1. The maximum Gasteiger partial charge on any atom is 0.0747 e. The van der Waals surface area contributed by atoms with Gasteiger partial charge in [-0.25, -0.2) is 0 Å². The number of methoxy groups -OCH3 is 1. The second-order valence-electron chi connectivity index (χ2n) is 6.60. The summed E-state index contributed by atoms with van der Waals surface area (Å²) in [6, 6.07) is 0.485. The predicted molar refractivity (Wildman–Crippen MR) is 76.4 cm³/mol. The number of rotatable bonds is 8. The van der Waals surface area contributed by atoms with E-state index in [-0.39, 0.29) is 0 Å². The molecular formula is C15H33NO. The lowest BCUT2D eigenvalue weighted by Gasteiger charge is -2.32. The van der Waals surface area contributed by atoms with Crippen molar-refractivity contribution in [3.8, 4) is 0 Å². The molecule has 104 valence electrons. The molecule has 0 spiro atoms. The standard InChI is InChI=1S/C15H33NO/c1-8-11-16-13(9-10-15(4,5)6)14(17-7)12(2)3/h12-14,16H,8-11H2,1-7H3. The SMILES string of the molecule is CCCNC(CCC(C)(C)C)C(OC)C(C)C. The van der Waals surface area contributed by atoms with E-state index in [1.807, 2.05) is 7.11 Å². The van der Waals surface area contributed by atoms with E-state index in [1.54, 1.807) is 0 Å². The zero-order chi connectivity index (χ0) is 13.5. The Hall–Kier alpha value is -0.0800. The lowest BCUT2D eigenvalue weighted by Crippen LogP contribution is -2.44. The third-order valence-corrected chi connectivity index (χ3v) is 3.19. The minimum atomic E-state index is 0.323. The van der Waals surface area contributed by atoms with Gasteiger partial charge < -0.3 is 10.1 Å². The van der Waals surface area contributed by atoms with Crippen molar-refractivity contribution in [2.75, 3.05) is 13.7 Å². The van der Waals surface area contributed by atoms with E-state index in [4.69, 9.17) is 4.74 Å². The highest BCUT2D eigenvalue weighted by Gasteiger charge is 2.25. The number of hydrogen-bond donors (Lipinski definition) is 1. The van der Waals surface area contributed by atoms with Gasteiger partial charge in [-0.2, -0.15) is 0 Å². The monoisotopic (exact) mass is 243 g/mol. The largest absolute Gasteiger partial charge is 0.380 e. The Morgan fingerprint density at radius 3 is 2.12 bits per heavy atom. The molecule has 2 heteroatoms. The van der Waals surface area contributed by atoms with Crippen LogP contribution in [0, 0.1) is 11.3 Å². The Kier molecular flexibility index (Phi) is 8.06. The van der Waals surface area contributed by atoms with Crippen molar-refractivity contribution in [1.82, 2.24) is 5.32 Å². The molecule has 0 aromatic rings. The topological polar surface area (TPSA) is 21.3 Å². The fraction of sp³-hybridized carbons (Fsp3) is 1.00. The zero-order valence-electron chi connectivity index (χ0n) is 13.0. The van der Waals surface area contributed by atoms with Crippen LogP contribution in [-0.2, 0) is 4.74 Å². The molecule has 0 aliphatic rings. The molecule has 0 aliphatic carbocycles. The van der Waals surface area contributed by atoms with Crippen molar-refractivity contribution >= 4 is 0 Å². The first-order chi connectivity index (χ1) is 7.81. The molecule has 0 saturated carbocycles. The van der Waals surface area contributed by atoms with Gasteiger partial charge in [0.1, 0.15) is 0 Å². The van der Waals surface area contributed by atoms with Crippen LogP contribution in [0.15, 0.2) is 0 Å². The van der Waals surface area contributed by atoms with Gasteiger partial charge in [-0.15, -0.1) is 0 Å². The Morgan fingerprint density at radius 2 is 1.76 bits per heavy atom. The minimum absolute atomic E-state index is 0.323. The number of hydrogen-bond acceptors (Lipinski definition) is 2. The molecule has 1 N–H and O–H groups in total. The maximum atomic E-state index is 5.67. The molecule has 0 bridgehead atoms. The first kappa shape index (κ1) is 16.9. The number of ether oxygens (including phenoxy) is 1. The molecule has 2 nitrogen and oxygen atoms in total. The molecule has 2 atom stereocenters. The second-order valence-corrected chi connectivity index (χ2v) is 6.60. The summed E-state index contributed by atoms with van der Waals surface area (Å²) in [5.41, 5.74) is 0.404. The van der Waals surface area contributed by atoms with Gasteiger partial charge in [-0.1, -0.05) is 41.5 Å². The fourth-order valence-electron chi connectivity index (χ4n) is 2.20. The molecular weight excluding hydrogens is 210 g/mol. The maximum absolute atomic E-state index is 5.67. The van der Waals surface area contributed by atoms with Crippen molar-refractivity contribution in [2.24, 2.45) is 11.3 Å². The summed E-state index contributed by atoms with van der Waals surface area (Å²) in [5.74, 6) is 0.564. The van der Waals surface area contributed by atoms with Crippen LogP contribution in [-0.4, -0.2) is 25.8 Å². The van der Waals surface area contributed by atoms with Crippen LogP contribution in [0.1, 0.15) is 60.8 Å². The van der Waals surface area contributed by atoms with E-state index in [0.29, 0.717) is 23.5 Å². The van der Waals surface area contributed by atoms with E-state index < -0.39 is 0 Å². The summed E-state index contributed by atoms with van der Waals surface area (Å²) in [5, 5.41) is 3.65. The molecule has 0 aromatic carbocycles. The Labute approximate surface area is 109 Å². The van der Waals surface area contributed by atoms with Crippen LogP contribution in [0.5, 0.6) is 0 Å². The average molecular weight is 243 g/mol. The molecule has 2 unspecified atom stereocenters. The molecule has 0 aliphatic heterocycles. The first-order valence-electron chi connectivity index (χ1n) is 7.08. The van der Waals surface area contributed by atoms with Crippen LogP contribution in [0.2, 0.25) is 0 Å². The third-order valence-electron chi connectivity index (χ3n) is 3.19. The van der Waals surface area contributed by atoms with Crippen molar-refractivity contribution in [3.05, 3.63) is 0 Å². The molecule has 0 amide bonds. The molecule has 0 rings (SSSR count). The minimum Gasteiger partial charge on any atom is -0.380 e. The molecule has 0 radical (unpaired) electrons. The molecule has 0 saturated heterocycles. The smallest absolute Gasteiger partial charge is 0.0747 e. The summed E-state index contributed by atoms with van der Waals surface area (Å²) >= 11 is 0. The summed E-state index contributed by atoms with van der Waals surface area (Å²) in [6.07, 6.45) is 3.94. The van der Waals surface area contributed by atoms with E-state index in [2.05, 4.69) is 46.9 Å². The van der Waals surface area contributed by atoms with Gasteiger partial charge in [0.15, 0.2) is 0 Å². The van der Waals surface area contributed by atoms with Crippen LogP contribution >= 0.6 is 0 Å². The van der Waals surface area contributed by atoms with Crippen LogP contribution < -0.4 is 5.32 Å². The van der Waals surface area contributed by atoms with Crippen molar-refractivity contribution < 1.29 is 4.74 Å². The summed E-state index contributed by atoms with van der Waals surface area (Å²) in [6.45, 7) is 14.7. The van der Waals surface area contributed by atoms with E-state index in [9.17, 15) is 0 Å². The summed E-state index contributed by atoms with van der Waals surface area (Å²) < 4.78 is 5.67. The van der Waals surface area contributed by atoms with Gasteiger partial charge >= 0.3 is 0 Å². The lowest BCUT2D eigenvalue weighted by atomic mass is 9.86. The van der Waals surface area contributed by atoms with Crippen molar-refractivity contribution in [1.29, 1.82) is 0 Å². The summed E-state index contributed by atoms with van der Waals surface area (Å²) in [4.78, 5) is 0. The van der Waals surface area contributed by atoms with Crippen molar-refractivity contribution in [2.45, 2.75) is 73.0 Å². The van der Waals surface area contributed by atoms with Gasteiger partial charge in [0.2, 0.25) is 0 Å². The Morgan fingerprint density at radius 1 is 1.18 bits per heavy atom. The first-order valence-corrected chi connectivity index (χ1v) is 7.08. The quantitative estimate of drug-likeness (QED) is 0.699. The molecule has 0 aromatic heterocycles. The summed E-state index contributed by atoms with van der Waals surface area (Å²) in [7, 11) is 1.84. The van der Waals surface area contributed by atoms with E-state index in [1.165, 1.54) is 19.3 Å². The molecule has 0 fully saturated rings. The highest BCUT2D eigenvalue weighted by Crippen LogP contribution is 2.24. The van der Waals surface area contributed by atoms with Crippen LogP contribution in [0.4, 0.5) is 0 Å². The Balaban J connectivity index is 4.39. The van der Waals surface area contributed by atoms with E-state index >= 15 is 0 Å². The van der Waals surface area contributed by atoms with Crippen LogP contribution in [0.25, 0.3) is 0 Å². The zero-order valence-corrected chi connectivity index (χ0v) is 13.0.